The molecule has 0 bridgehead atoms. The first kappa shape index (κ1) is 30.3. The highest BCUT2D eigenvalue weighted by Crippen LogP contribution is 2.34. The number of piperidine rings is 1. The van der Waals surface area contributed by atoms with Gasteiger partial charge in [0.2, 0.25) is 0 Å². The Morgan fingerprint density at radius 2 is 1.93 bits per heavy atom. The van der Waals surface area contributed by atoms with E-state index in [0.717, 1.165) is 73.9 Å². The van der Waals surface area contributed by atoms with Crippen molar-refractivity contribution in [3.05, 3.63) is 89.2 Å². The van der Waals surface area contributed by atoms with E-state index >= 15 is 0 Å². The predicted octanol–water partition coefficient (Wildman–Crippen LogP) is 4.93. The van der Waals surface area contributed by atoms with Crippen LogP contribution in [-0.2, 0) is 22.5 Å². The van der Waals surface area contributed by atoms with Crippen molar-refractivity contribution in [2.45, 2.75) is 37.9 Å². The molecule has 1 fully saturated rings. The summed E-state index contributed by atoms with van der Waals surface area (Å²) in [5, 5.41) is 6.84. The summed E-state index contributed by atoms with van der Waals surface area (Å²) >= 11 is 0. The normalized spacial score (nSPS) is 18.4. The molecule has 2 aliphatic rings. The van der Waals surface area contributed by atoms with E-state index in [0.29, 0.717) is 45.2 Å². The van der Waals surface area contributed by atoms with Gasteiger partial charge in [0, 0.05) is 39.3 Å². The highest BCUT2D eigenvalue weighted by Gasteiger charge is 2.27. The summed E-state index contributed by atoms with van der Waals surface area (Å²) < 4.78 is 37.4. The van der Waals surface area contributed by atoms with Crippen LogP contribution in [0, 0.1) is 5.82 Å². The number of ether oxygens (including phenoxy) is 4. The summed E-state index contributed by atoms with van der Waals surface area (Å²) in [6.07, 6.45) is 2.77. The monoisotopic (exact) mass is 577 g/mol. The second kappa shape index (κ2) is 15.9. The van der Waals surface area contributed by atoms with E-state index in [9.17, 15) is 4.39 Å². The largest absolute Gasteiger partial charge is 0.492 e. The summed E-state index contributed by atoms with van der Waals surface area (Å²) in [5.74, 6) is 1.98. The molecule has 7 nitrogen and oxygen atoms in total. The lowest BCUT2D eigenvalue weighted by Gasteiger charge is -2.33. The molecular formula is C34H44FN3O4. The van der Waals surface area contributed by atoms with Crippen LogP contribution in [-0.4, -0.2) is 72.3 Å². The number of nitrogens with one attached hydrogen (secondary N) is 2. The molecule has 42 heavy (non-hydrogen) atoms. The van der Waals surface area contributed by atoms with Crippen LogP contribution in [0.25, 0.3) is 0 Å². The Hall–Kier alpha value is -3.17. The van der Waals surface area contributed by atoms with Gasteiger partial charge in [0.05, 0.1) is 24.9 Å². The Morgan fingerprint density at radius 3 is 2.79 bits per heavy atom. The summed E-state index contributed by atoms with van der Waals surface area (Å²) in [4.78, 5) is 2.39. The molecule has 0 saturated carbocycles. The zero-order valence-electron chi connectivity index (χ0n) is 24.7. The molecule has 0 aliphatic carbocycles. The number of hydrogen-bond acceptors (Lipinski definition) is 7. The van der Waals surface area contributed by atoms with Gasteiger partial charge in [0.1, 0.15) is 30.5 Å². The van der Waals surface area contributed by atoms with Gasteiger partial charge >= 0.3 is 0 Å². The van der Waals surface area contributed by atoms with Crippen LogP contribution in [0.15, 0.2) is 66.7 Å². The van der Waals surface area contributed by atoms with Crippen LogP contribution in [0.3, 0.4) is 0 Å². The zero-order chi connectivity index (χ0) is 29.0. The van der Waals surface area contributed by atoms with E-state index in [1.165, 1.54) is 11.6 Å². The number of hydrogen-bond donors (Lipinski definition) is 2. The molecule has 2 aliphatic heterocycles. The maximum atomic E-state index is 13.7. The van der Waals surface area contributed by atoms with Crippen molar-refractivity contribution < 1.29 is 23.3 Å². The fourth-order valence-electron chi connectivity index (χ4n) is 5.73. The fourth-order valence-corrected chi connectivity index (χ4v) is 5.73. The standard InChI is InChI=1S/C34H44FN3O4/c1-39-20-4-18-38-19-22-41-33-12-7-26(23-32(33)38)25-42-34-24-37-16-14-30(34)27-8-10-29(11-9-27)40-21-17-36-15-13-28-5-2-3-6-31(28)35/h2-3,5-12,23,30,34,36-37H,4,13-22,24-25H2,1H3/t30-,34+/m1/s1. The van der Waals surface area contributed by atoms with Gasteiger partial charge in [-0.3, -0.25) is 0 Å². The molecule has 5 rings (SSSR count). The van der Waals surface area contributed by atoms with E-state index in [1.807, 2.05) is 12.1 Å². The van der Waals surface area contributed by atoms with E-state index in [1.54, 1.807) is 13.2 Å². The van der Waals surface area contributed by atoms with Gasteiger partial charge in [-0.05, 0) is 79.4 Å². The van der Waals surface area contributed by atoms with Crippen molar-refractivity contribution in [3.8, 4) is 11.5 Å². The Labute approximate surface area is 249 Å². The molecule has 0 amide bonds. The third kappa shape index (κ3) is 8.44. The second-order valence-electron chi connectivity index (χ2n) is 10.9. The Kier molecular flexibility index (Phi) is 11.5. The molecule has 226 valence electrons. The lowest BCUT2D eigenvalue weighted by atomic mass is 9.87. The van der Waals surface area contributed by atoms with Gasteiger partial charge in [-0.25, -0.2) is 4.39 Å². The van der Waals surface area contributed by atoms with E-state index in [2.05, 4.69) is 58.0 Å². The maximum absolute atomic E-state index is 13.7. The minimum Gasteiger partial charge on any atom is -0.492 e. The first-order valence-corrected chi connectivity index (χ1v) is 15.2. The highest BCUT2D eigenvalue weighted by molar-refractivity contribution is 5.61. The minimum atomic E-state index is -0.147. The predicted molar refractivity (Wildman–Crippen MR) is 164 cm³/mol. The van der Waals surface area contributed by atoms with Crippen molar-refractivity contribution in [1.29, 1.82) is 0 Å². The smallest absolute Gasteiger partial charge is 0.142 e. The molecule has 2 N–H and O–H groups in total. The molecule has 2 heterocycles. The van der Waals surface area contributed by atoms with Crippen molar-refractivity contribution in [3.63, 3.8) is 0 Å². The van der Waals surface area contributed by atoms with Crippen LogP contribution in [0.5, 0.6) is 11.5 Å². The number of fused-ring (bicyclic) bond motifs is 1. The van der Waals surface area contributed by atoms with E-state index in [-0.39, 0.29) is 11.9 Å². The maximum Gasteiger partial charge on any atom is 0.142 e. The molecule has 3 aromatic carbocycles. The minimum absolute atomic E-state index is 0.0919. The van der Waals surface area contributed by atoms with E-state index in [4.69, 9.17) is 18.9 Å². The molecule has 0 spiro atoms. The van der Waals surface area contributed by atoms with Gasteiger partial charge in [-0.2, -0.15) is 0 Å². The van der Waals surface area contributed by atoms with Crippen LogP contribution in [0.4, 0.5) is 10.1 Å². The molecule has 1 saturated heterocycles. The Bertz CT molecular complexity index is 1240. The van der Waals surface area contributed by atoms with Gasteiger partial charge in [-0.1, -0.05) is 36.4 Å². The molecule has 8 heteroatoms. The summed E-state index contributed by atoms with van der Waals surface area (Å²) in [6, 6.07) is 21.8. The molecule has 0 unspecified atom stereocenters. The molecule has 0 radical (unpaired) electrons. The molecule has 2 atom stereocenters. The topological polar surface area (TPSA) is 64.2 Å². The average Bonchev–Trinajstić information content (AvgIpc) is 3.03. The van der Waals surface area contributed by atoms with Gasteiger partial charge in [-0.15, -0.1) is 0 Å². The molecular weight excluding hydrogens is 533 g/mol. The fraction of sp³-hybridized carbons (Fsp3) is 0.471. The number of benzene rings is 3. The summed E-state index contributed by atoms with van der Waals surface area (Å²) in [7, 11) is 1.75. The number of halogens is 1. The highest BCUT2D eigenvalue weighted by atomic mass is 19.1. The number of anilines is 1. The van der Waals surface area contributed by atoms with Gasteiger partial charge in [0.25, 0.3) is 0 Å². The summed E-state index contributed by atoms with van der Waals surface area (Å²) in [5.41, 5.74) is 4.32. The van der Waals surface area contributed by atoms with Crippen molar-refractivity contribution in [1.82, 2.24) is 10.6 Å². The average molecular weight is 578 g/mol. The SMILES string of the molecule is COCCCN1CCOc2ccc(CO[C@H]3CNCC[C@@H]3c3ccc(OCCNCCc4ccccc4F)cc3)cc21. The van der Waals surface area contributed by atoms with E-state index < -0.39 is 0 Å². The van der Waals surface area contributed by atoms with Crippen molar-refractivity contribution >= 4 is 5.69 Å². The summed E-state index contributed by atoms with van der Waals surface area (Å²) in [6.45, 7) is 7.67. The van der Waals surface area contributed by atoms with Crippen LogP contribution >= 0.6 is 0 Å². The van der Waals surface area contributed by atoms with Crippen LogP contribution < -0.4 is 25.0 Å². The van der Waals surface area contributed by atoms with Crippen LogP contribution in [0.2, 0.25) is 0 Å². The Balaban J connectivity index is 1.09. The van der Waals surface area contributed by atoms with Crippen molar-refractivity contribution in [2.24, 2.45) is 0 Å². The van der Waals surface area contributed by atoms with Gasteiger partial charge < -0.3 is 34.5 Å². The second-order valence-corrected chi connectivity index (χ2v) is 10.9. The van der Waals surface area contributed by atoms with Crippen molar-refractivity contribution in [2.75, 3.05) is 71.1 Å². The lowest BCUT2D eigenvalue weighted by molar-refractivity contribution is 0.0106. The van der Waals surface area contributed by atoms with Crippen LogP contribution in [0.1, 0.15) is 35.4 Å². The number of nitrogens with zero attached hydrogens (tertiary/aromatic N) is 1. The first-order chi connectivity index (χ1) is 20.7. The lowest BCUT2D eigenvalue weighted by Crippen LogP contribution is -2.41. The van der Waals surface area contributed by atoms with Gasteiger partial charge in [0.15, 0.2) is 0 Å². The quantitative estimate of drug-likeness (QED) is 0.248. The third-order valence-electron chi connectivity index (χ3n) is 8.03. The molecule has 0 aromatic heterocycles. The Morgan fingerprint density at radius 1 is 1.05 bits per heavy atom. The third-order valence-corrected chi connectivity index (χ3v) is 8.03. The molecule has 3 aromatic rings. The first-order valence-electron chi connectivity index (χ1n) is 15.2. The number of rotatable bonds is 15. The number of methoxy groups -OCH3 is 1. The zero-order valence-corrected chi connectivity index (χ0v) is 24.7.